The van der Waals surface area contributed by atoms with Gasteiger partial charge in [-0.25, -0.2) is 4.68 Å². The van der Waals surface area contributed by atoms with Crippen molar-refractivity contribution in [2.75, 3.05) is 18.8 Å². The summed E-state index contributed by atoms with van der Waals surface area (Å²) in [6.07, 6.45) is 4.22. The second kappa shape index (κ2) is 5.78. The number of benzene rings is 1. The number of hydrogen-bond donors (Lipinski definition) is 1. The number of carbonyl (C=O) groups excluding carboxylic acids is 2. The van der Waals surface area contributed by atoms with Crippen LogP contribution in [0.4, 0.5) is 5.82 Å². The van der Waals surface area contributed by atoms with Crippen LogP contribution < -0.4 is 5.73 Å². The van der Waals surface area contributed by atoms with E-state index in [1.54, 1.807) is 4.68 Å². The van der Waals surface area contributed by atoms with Crippen molar-refractivity contribution in [1.82, 2.24) is 14.7 Å². The molecule has 0 unspecified atom stereocenters. The Hall–Kier alpha value is -2.63. The third kappa shape index (κ3) is 2.58. The predicted molar refractivity (Wildman–Crippen MR) is 89.7 cm³/mol. The van der Waals surface area contributed by atoms with E-state index in [1.807, 2.05) is 35.2 Å². The van der Waals surface area contributed by atoms with E-state index in [1.165, 1.54) is 6.20 Å². The summed E-state index contributed by atoms with van der Waals surface area (Å²) in [6.45, 7) is 1.17. The Morgan fingerprint density at radius 2 is 1.83 bits per heavy atom. The summed E-state index contributed by atoms with van der Waals surface area (Å²) in [5, 5.41) is 4.26. The number of rotatable bonds is 4. The van der Waals surface area contributed by atoms with Crippen LogP contribution in [0.5, 0.6) is 0 Å². The highest BCUT2D eigenvalue weighted by Gasteiger charge is 2.39. The lowest BCUT2D eigenvalue weighted by Crippen LogP contribution is -2.31. The molecule has 0 spiro atoms. The molecule has 2 heterocycles. The van der Waals surface area contributed by atoms with Crippen LogP contribution >= 0.6 is 0 Å². The molecule has 1 aliphatic heterocycles. The van der Waals surface area contributed by atoms with Gasteiger partial charge in [-0.05, 0) is 31.4 Å². The summed E-state index contributed by atoms with van der Waals surface area (Å²) in [6, 6.07) is 9.50. The van der Waals surface area contributed by atoms with Crippen molar-refractivity contribution < 1.29 is 9.59 Å². The summed E-state index contributed by atoms with van der Waals surface area (Å²) < 4.78 is 1.58. The lowest BCUT2D eigenvalue weighted by molar-refractivity contribution is -0.131. The van der Waals surface area contributed by atoms with E-state index in [9.17, 15) is 9.59 Å². The standard InChI is InChI=1S/C18H20N4O2/c19-17-15(10-20-22(17)14-4-2-1-3-5-14)16(23)13-8-9-21(11-13)18(24)12-6-7-12/h1-5,10,12-13H,6-9,11,19H2/t13-/m0/s1. The second-order valence-electron chi connectivity index (χ2n) is 6.60. The van der Waals surface area contributed by atoms with Crippen LogP contribution in [0.25, 0.3) is 5.69 Å². The van der Waals surface area contributed by atoms with Gasteiger partial charge < -0.3 is 10.6 Å². The SMILES string of the molecule is Nc1c(C(=O)[C@H]2CCN(C(=O)C3CC3)C2)cnn1-c1ccccc1. The van der Waals surface area contributed by atoms with Crippen molar-refractivity contribution in [2.24, 2.45) is 11.8 Å². The van der Waals surface area contributed by atoms with Gasteiger partial charge in [0.1, 0.15) is 5.82 Å². The molecule has 1 amide bonds. The topological polar surface area (TPSA) is 81.2 Å². The van der Waals surface area contributed by atoms with Crippen molar-refractivity contribution in [2.45, 2.75) is 19.3 Å². The maximum atomic E-state index is 12.8. The van der Waals surface area contributed by atoms with Gasteiger partial charge in [0.15, 0.2) is 5.78 Å². The Morgan fingerprint density at radius 1 is 1.08 bits per heavy atom. The minimum Gasteiger partial charge on any atom is -0.383 e. The smallest absolute Gasteiger partial charge is 0.225 e. The number of ketones is 1. The number of anilines is 1. The zero-order valence-corrected chi connectivity index (χ0v) is 13.4. The van der Waals surface area contributed by atoms with Crippen LogP contribution in [-0.4, -0.2) is 39.5 Å². The van der Waals surface area contributed by atoms with Crippen LogP contribution in [0, 0.1) is 11.8 Å². The molecule has 1 saturated carbocycles. The Balaban J connectivity index is 1.51. The third-order valence-corrected chi connectivity index (χ3v) is 4.87. The summed E-state index contributed by atoms with van der Waals surface area (Å²) in [4.78, 5) is 26.8. The normalized spacial score (nSPS) is 20.3. The minimum absolute atomic E-state index is 0.0132. The van der Waals surface area contributed by atoms with E-state index in [0.29, 0.717) is 30.9 Å². The van der Waals surface area contributed by atoms with E-state index in [2.05, 4.69) is 5.10 Å². The van der Waals surface area contributed by atoms with Gasteiger partial charge in [0.25, 0.3) is 0 Å². The van der Waals surface area contributed by atoms with Gasteiger partial charge in [0.05, 0.1) is 17.4 Å². The first-order valence-corrected chi connectivity index (χ1v) is 8.37. The molecule has 1 aromatic heterocycles. The van der Waals surface area contributed by atoms with Gasteiger partial charge >= 0.3 is 0 Å². The van der Waals surface area contributed by atoms with Gasteiger partial charge in [0, 0.05) is 24.9 Å². The molecule has 6 heteroatoms. The number of amides is 1. The number of para-hydroxylation sites is 1. The number of carbonyl (C=O) groups is 2. The van der Waals surface area contributed by atoms with Crippen molar-refractivity contribution in [3.05, 3.63) is 42.1 Å². The summed E-state index contributed by atoms with van der Waals surface area (Å²) >= 11 is 0. The number of likely N-dealkylation sites (tertiary alicyclic amines) is 1. The molecule has 1 aromatic carbocycles. The highest BCUT2D eigenvalue weighted by Crippen LogP contribution is 2.33. The molecule has 0 radical (unpaired) electrons. The Morgan fingerprint density at radius 3 is 2.54 bits per heavy atom. The van der Waals surface area contributed by atoms with Gasteiger partial charge in [0.2, 0.25) is 5.91 Å². The van der Waals surface area contributed by atoms with Crippen molar-refractivity contribution >= 4 is 17.5 Å². The Labute approximate surface area is 140 Å². The van der Waals surface area contributed by atoms with Gasteiger partial charge in [-0.3, -0.25) is 9.59 Å². The zero-order valence-electron chi connectivity index (χ0n) is 13.4. The van der Waals surface area contributed by atoms with E-state index >= 15 is 0 Å². The first kappa shape index (κ1) is 14.9. The summed E-state index contributed by atoms with van der Waals surface area (Å²) in [7, 11) is 0. The third-order valence-electron chi connectivity index (χ3n) is 4.87. The largest absolute Gasteiger partial charge is 0.383 e. The molecule has 1 atom stereocenters. The maximum absolute atomic E-state index is 12.8. The van der Waals surface area contributed by atoms with Crippen LogP contribution in [0.1, 0.15) is 29.6 Å². The number of nitrogen functional groups attached to an aromatic ring is 1. The lowest BCUT2D eigenvalue weighted by atomic mass is 9.98. The lowest BCUT2D eigenvalue weighted by Gasteiger charge is -2.15. The molecule has 4 rings (SSSR count). The van der Waals surface area contributed by atoms with E-state index in [4.69, 9.17) is 5.73 Å². The fraction of sp³-hybridized carbons (Fsp3) is 0.389. The number of Topliss-reactive ketones (excluding diaryl/α,β-unsaturated/α-hetero) is 1. The van der Waals surface area contributed by atoms with Crippen LogP contribution in [0.2, 0.25) is 0 Å². The van der Waals surface area contributed by atoms with Crippen LogP contribution in [0.15, 0.2) is 36.5 Å². The monoisotopic (exact) mass is 324 g/mol. The molecule has 2 fully saturated rings. The molecule has 24 heavy (non-hydrogen) atoms. The molecule has 6 nitrogen and oxygen atoms in total. The first-order valence-electron chi connectivity index (χ1n) is 8.37. The molecular formula is C18H20N4O2. The zero-order chi connectivity index (χ0) is 16.7. The molecule has 2 aliphatic rings. The maximum Gasteiger partial charge on any atom is 0.225 e. The van der Waals surface area contributed by atoms with Crippen molar-refractivity contribution in [3.63, 3.8) is 0 Å². The molecule has 2 aromatic rings. The van der Waals surface area contributed by atoms with Gasteiger partial charge in [-0.1, -0.05) is 18.2 Å². The van der Waals surface area contributed by atoms with E-state index in [0.717, 1.165) is 18.5 Å². The molecule has 1 saturated heterocycles. The van der Waals surface area contributed by atoms with Crippen LogP contribution in [0.3, 0.4) is 0 Å². The molecule has 124 valence electrons. The van der Waals surface area contributed by atoms with E-state index in [-0.39, 0.29) is 23.5 Å². The average molecular weight is 324 g/mol. The molecule has 1 aliphatic carbocycles. The number of nitrogens with two attached hydrogens (primary N) is 1. The Bertz CT molecular complexity index is 780. The average Bonchev–Trinajstić information content (AvgIpc) is 3.21. The minimum atomic E-state index is -0.177. The quantitative estimate of drug-likeness (QED) is 0.871. The predicted octanol–water partition coefficient (Wildman–Crippen LogP) is 1.90. The molecule has 0 bridgehead atoms. The number of aromatic nitrogens is 2. The van der Waals surface area contributed by atoms with Crippen molar-refractivity contribution in [1.29, 1.82) is 0 Å². The Kier molecular flexibility index (Phi) is 3.59. The second-order valence-corrected chi connectivity index (χ2v) is 6.60. The highest BCUT2D eigenvalue weighted by molar-refractivity contribution is 6.02. The van der Waals surface area contributed by atoms with Gasteiger partial charge in [-0.2, -0.15) is 5.10 Å². The summed E-state index contributed by atoms with van der Waals surface area (Å²) in [5.41, 5.74) is 7.43. The van der Waals surface area contributed by atoms with Crippen LogP contribution in [-0.2, 0) is 4.79 Å². The molecule has 2 N–H and O–H groups in total. The fourth-order valence-electron chi connectivity index (χ4n) is 3.31. The first-order chi connectivity index (χ1) is 11.6. The summed E-state index contributed by atoms with van der Waals surface area (Å²) in [5.74, 6) is 0.574. The number of hydrogen-bond acceptors (Lipinski definition) is 4. The van der Waals surface area contributed by atoms with Gasteiger partial charge in [-0.15, -0.1) is 0 Å². The van der Waals surface area contributed by atoms with Crippen molar-refractivity contribution in [3.8, 4) is 5.69 Å². The number of nitrogens with zero attached hydrogens (tertiary/aromatic N) is 3. The molecular weight excluding hydrogens is 304 g/mol. The van der Waals surface area contributed by atoms with E-state index < -0.39 is 0 Å². The highest BCUT2D eigenvalue weighted by atomic mass is 16.2. The fourth-order valence-corrected chi connectivity index (χ4v) is 3.31.